The molecule has 1 N–H and O–H groups in total. The van der Waals surface area contributed by atoms with Crippen molar-refractivity contribution in [2.75, 3.05) is 5.32 Å². The van der Waals surface area contributed by atoms with E-state index in [-0.39, 0.29) is 0 Å². The van der Waals surface area contributed by atoms with Crippen LogP contribution in [0.2, 0.25) is 0 Å². The topological polar surface area (TPSA) is 42.7 Å². The highest BCUT2D eigenvalue weighted by atomic mass is 32.1. The van der Waals surface area contributed by atoms with Crippen molar-refractivity contribution in [2.24, 2.45) is 7.05 Å². The van der Waals surface area contributed by atoms with E-state index in [0.29, 0.717) is 0 Å². The van der Waals surface area contributed by atoms with Gasteiger partial charge in [-0.2, -0.15) is 10.1 Å². The molecule has 0 aliphatic carbocycles. The van der Waals surface area contributed by atoms with Gasteiger partial charge in [-0.25, -0.2) is 4.68 Å². The molecule has 0 saturated carbocycles. The Morgan fingerprint density at radius 1 is 1.57 bits per heavy atom. The number of nitrogens with zero attached hydrogens (tertiary/aromatic N) is 3. The molecular weight excluding hydrogens is 196 g/mol. The van der Waals surface area contributed by atoms with Crippen molar-refractivity contribution in [2.45, 2.75) is 13.5 Å². The van der Waals surface area contributed by atoms with Gasteiger partial charge < -0.3 is 5.32 Å². The third kappa shape index (κ3) is 1.93. The molecule has 0 aliphatic heterocycles. The predicted octanol–water partition coefficient (Wildman–Crippen LogP) is 1.80. The van der Waals surface area contributed by atoms with Gasteiger partial charge in [-0.05, 0) is 18.4 Å². The maximum absolute atomic E-state index is 4.26. The maximum Gasteiger partial charge on any atom is 0.221 e. The average molecular weight is 208 g/mol. The molecule has 0 atom stereocenters. The molecule has 0 aliphatic rings. The first kappa shape index (κ1) is 9.21. The first-order valence-corrected chi connectivity index (χ1v) is 5.27. The predicted molar refractivity (Wildman–Crippen MR) is 57.4 cm³/mol. The number of aryl methyl sites for hydroxylation is 2. The van der Waals surface area contributed by atoms with Crippen molar-refractivity contribution in [1.29, 1.82) is 0 Å². The number of nitrogens with one attached hydrogen (secondary N) is 1. The molecule has 0 fully saturated rings. The van der Waals surface area contributed by atoms with Gasteiger partial charge in [0.05, 0.1) is 6.54 Å². The number of thiophene rings is 1. The van der Waals surface area contributed by atoms with Crippen LogP contribution in [0.15, 0.2) is 17.5 Å². The van der Waals surface area contributed by atoms with Crippen molar-refractivity contribution in [3.8, 4) is 0 Å². The molecule has 2 heterocycles. The summed E-state index contributed by atoms with van der Waals surface area (Å²) in [5.74, 6) is 1.61. The fourth-order valence-electron chi connectivity index (χ4n) is 1.25. The Labute approximate surface area is 86.6 Å². The van der Waals surface area contributed by atoms with Crippen LogP contribution in [0.5, 0.6) is 0 Å². The van der Waals surface area contributed by atoms with Crippen LogP contribution < -0.4 is 5.32 Å². The maximum atomic E-state index is 4.26. The summed E-state index contributed by atoms with van der Waals surface area (Å²) >= 11 is 1.73. The highest BCUT2D eigenvalue weighted by Crippen LogP contribution is 2.10. The molecule has 0 unspecified atom stereocenters. The van der Waals surface area contributed by atoms with Gasteiger partial charge in [0.25, 0.3) is 0 Å². The minimum atomic E-state index is 0.793. The van der Waals surface area contributed by atoms with Crippen LogP contribution >= 0.6 is 11.3 Å². The van der Waals surface area contributed by atoms with Crippen molar-refractivity contribution in [1.82, 2.24) is 14.8 Å². The molecule has 0 amide bonds. The molecule has 4 nitrogen and oxygen atoms in total. The molecule has 0 aromatic carbocycles. The number of hydrogen-bond acceptors (Lipinski definition) is 4. The normalized spacial score (nSPS) is 10.4. The Kier molecular flexibility index (Phi) is 2.49. The molecule has 74 valence electrons. The Hall–Kier alpha value is -1.36. The second-order valence-corrected chi connectivity index (χ2v) is 4.07. The SMILES string of the molecule is Cc1nc(NCc2cccs2)n(C)n1. The van der Waals surface area contributed by atoms with Crippen LogP contribution in [0.4, 0.5) is 5.95 Å². The third-order valence-corrected chi connectivity index (χ3v) is 2.75. The van der Waals surface area contributed by atoms with Crippen molar-refractivity contribution in [3.63, 3.8) is 0 Å². The zero-order valence-corrected chi connectivity index (χ0v) is 9.01. The summed E-state index contributed by atoms with van der Waals surface area (Å²) in [6, 6.07) is 4.14. The van der Waals surface area contributed by atoms with Crippen LogP contribution in [-0.2, 0) is 13.6 Å². The largest absolute Gasteiger partial charge is 0.350 e. The van der Waals surface area contributed by atoms with Gasteiger partial charge in [-0.15, -0.1) is 11.3 Å². The van der Waals surface area contributed by atoms with Gasteiger partial charge in [0.2, 0.25) is 5.95 Å². The van der Waals surface area contributed by atoms with Gasteiger partial charge in [0.15, 0.2) is 0 Å². The monoisotopic (exact) mass is 208 g/mol. The average Bonchev–Trinajstić information content (AvgIpc) is 2.72. The minimum Gasteiger partial charge on any atom is -0.350 e. The highest BCUT2D eigenvalue weighted by Gasteiger charge is 2.02. The van der Waals surface area contributed by atoms with E-state index in [2.05, 4.69) is 26.8 Å². The fourth-order valence-corrected chi connectivity index (χ4v) is 1.89. The minimum absolute atomic E-state index is 0.793. The zero-order valence-electron chi connectivity index (χ0n) is 8.19. The summed E-state index contributed by atoms with van der Waals surface area (Å²) in [6.45, 7) is 2.69. The molecular formula is C9H12N4S. The van der Waals surface area contributed by atoms with Crippen LogP contribution in [-0.4, -0.2) is 14.8 Å². The first-order chi connectivity index (χ1) is 6.75. The van der Waals surface area contributed by atoms with Crippen LogP contribution in [0.25, 0.3) is 0 Å². The fraction of sp³-hybridized carbons (Fsp3) is 0.333. The number of rotatable bonds is 3. The van der Waals surface area contributed by atoms with Crippen molar-refractivity contribution >= 4 is 17.3 Å². The van der Waals surface area contributed by atoms with Crippen LogP contribution in [0, 0.1) is 6.92 Å². The molecule has 0 radical (unpaired) electrons. The van der Waals surface area contributed by atoms with E-state index < -0.39 is 0 Å². The lowest BCUT2D eigenvalue weighted by Gasteiger charge is -2.01. The van der Waals surface area contributed by atoms with Gasteiger partial charge in [-0.3, -0.25) is 0 Å². The smallest absolute Gasteiger partial charge is 0.221 e. The van der Waals surface area contributed by atoms with Gasteiger partial charge in [0, 0.05) is 11.9 Å². The van der Waals surface area contributed by atoms with Crippen molar-refractivity contribution < 1.29 is 0 Å². The summed E-state index contributed by atoms with van der Waals surface area (Å²) in [6.07, 6.45) is 0. The molecule has 0 bridgehead atoms. The summed E-state index contributed by atoms with van der Waals surface area (Å²) in [5, 5.41) is 9.46. The zero-order chi connectivity index (χ0) is 9.97. The van der Waals surface area contributed by atoms with E-state index in [1.54, 1.807) is 16.0 Å². The summed E-state index contributed by atoms with van der Waals surface area (Å²) in [4.78, 5) is 5.55. The Morgan fingerprint density at radius 2 is 2.43 bits per heavy atom. The second kappa shape index (κ2) is 3.79. The summed E-state index contributed by atoms with van der Waals surface area (Å²) in [7, 11) is 1.89. The van der Waals surface area contributed by atoms with Gasteiger partial charge >= 0.3 is 0 Å². The highest BCUT2D eigenvalue weighted by molar-refractivity contribution is 7.09. The number of anilines is 1. The summed E-state index contributed by atoms with van der Waals surface area (Å²) < 4.78 is 1.75. The van der Waals surface area contributed by atoms with Crippen LogP contribution in [0.3, 0.4) is 0 Å². The Balaban J connectivity index is 2.01. The van der Waals surface area contributed by atoms with E-state index in [9.17, 15) is 0 Å². The first-order valence-electron chi connectivity index (χ1n) is 4.39. The Morgan fingerprint density at radius 3 is 3.00 bits per heavy atom. The van der Waals surface area contributed by atoms with E-state index >= 15 is 0 Å². The molecule has 2 aromatic rings. The van der Waals surface area contributed by atoms with E-state index in [0.717, 1.165) is 18.3 Å². The number of aromatic nitrogens is 3. The standard InChI is InChI=1S/C9H12N4S/c1-7-11-9(13(2)12-7)10-6-8-4-3-5-14-8/h3-5H,6H2,1-2H3,(H,10,11,12). The molecule has 0 saturated heterocycles. The van der Waals surface area contributed by atoms with E-state index in [1.165, 1.54) is 4.88 Å². The van der Waals surface area contributed by atoms with Crippen molar-refractivity contribution in [3.05, 3.63) is 28.2 Å². The van der Waals surface area contributed by atoms with E-state index in [4.69, 9.17) is 0 Å². The lowest BCUT2D eigenvalue weighted by atomic mass is 10.5. The second-order valence-electron chi connectivity index (χ2n) is 3.04. The van der Waals surface area contributed by atoms with Gasteiger partial charge in [-0.1, -0.05) is 6.07 Å². The van der Waals surface area contributed by atoms with Crippen LogP contribution in [0.1, 0.15) is 10.7 Å². The third-order valence-electron chi connectivity index (χ3n) is 1.87. The quantitative estimate of drug-likeness (QED) is 0.836. The number of hydrogen-bond donors (Lipinski definition) is 1. The van der Waals surface area contributed by atoms with Gasteiger partial charge in [0.1, 0.15) is 5.82 Å². The molecule has 14 heavy (non-hydrogen) atoms. The lowest BCUT2D eigenvalue weighted by Crippen LogP contribution is -2.04. The summed E-state index contributed by atoms with van der Waals surface area (Å²) in [5.41, 5.74) is 0. The molecule has 5 heteroatoms. The molecule has 0 spiro atoms. The molecule has 2 rings (SSSR count). The Bertz CT molecular complexity index is 404. The molecule has 2 aromatic heterocycles. The lowest BCUT2D eigenvalue weighted by molar-refractivity contribution is 0.758. The van der Waals surface area contributed by atoms with E-state index in [1.807, 2.05) is 20.0 Å².